The van der Waals surface area contributed by atoms with Crippen LogP contribution in [0.3, 0.4) is 0 Å². The summed E-state index contributed by atoms with van der Waals surface area (Å²) in [6, 6.07) is 15.7. The molecule has 2 aromatic carbocycles. The Balaban J connectivity index is 1.74. The number of halogens is 2. The molecule has 9 heteroatoms. The fourth-order valence-corrected chi connectivity index (χ4v) is 3.31. The number of hydrogen-bond acceptors (Lipinski definition) is 4. The summed E-state index contributed by atoms with van der Waals surface area (Å²) >= 11 is 5.99. The molecule has 3 rings (SSSR count). The zero-order chi connectivity index (χ0) is 23.6. The van der Waals surface area contributed by atoms with Gasteiger partial charge in [-0.15, -0.1) is 0 Å². The summed E-state index contributed by atoms with van der Waals surface area (Å²) < 4.78 is 23.8. The lowest BCUT2D eigenvalue weighted by Crippen LogP contribution is -2.45. The van der Waals surface area contributed by atoms with Gasteiger partial charge in [0.05, 0.1) is 19.4 Å². The first-order chi connectivity index (χ1) is 15.9. The van der Waals surface area contributed by atoms with Gasteiger partial charge in [-0.3, -0.25) is 4.79 Å². The summed E-state index contributed by atoms with van der Waals surface area (Å²) in [7, 11) is 1.52. The molecule has 0 spiro atoms. The Morgan fingerprint density at radius 3 is 2.52 bits per heavy atom. The van der Waals surface area contributed by atoms with Gasteiger partial charge in [0.15, 0.2) is 0 Å². The van der Waals surface area contributed by atoms with Crippen molar-refractivity contribution in [1.82, 2.24) is 9.80 Å². The van der Waals surface area contributed by atoms with Crippen molar-refractivity contribution in [1.29, 1.82) is 0 Å². The second-order valence-corrected chi connectivity index (χ2v) is 7.75. The molecule has 0 unspecified atom stereocenters. The van der Waals surface area contributed by atoms with Gasteiger partial charge in [0, 0.05) is 30.9 Å². The summed E-state index contributed by atoms with van der Waals surface area (Å²) in [4.78, 5) is 29.1. The number of carbonyl (C=O) groups excluding carboxylic acids is 2. The van der Waals surface area contributed by atoms with Crippen molar-refractivity contribution in [3.8, 4) is 0 Å². The Hall–Kier alpha value is -3.36. The van der Waals surface area contributed by atoms with Gasteiger partial charge in [-0.1, -0.05) is 29.8 Å². The molecule has 0 atom stereocenters. The van der Waals surface area contributed by atoms with E-state index in [0.29, 0.717) is 16.5 Å². The van der Waals surface area contributed by atoms with Crippen molar-refractivity contribution < 1.29 is 23.1 Å². The molecule has 1 N–H and O–H groups in total. The highest BCUT2D eigenvalue weighted by atomic mass is 35.5. The van der Waals surface area contributed by atoms with Crippen LogP contribution in [0.1, 0.15) is 11.3 Å². The number of anilines is 1. The number of nitrogens with one attached hydrogen (secondary N) is 1. The minimum absolute atomic E-state index is 0.183. The van der Waals surface area contributed by atoms with Gasteiger partial charge in [-0.2, -0.15) is 0 Å². The van der Waals surface area contributed by atoms with Crippen LogP contribution in [0.2, 0.25) is 5.02 Å². The minimum Gasteiger partial charge on any atom is -0.467 e. The summed E-state index contributed by atoms with van der Waals surface area (Å²) in [6.45, 7) is 0.717. The molecule has 1 heterocycles. The molecule has 1 aromatic heterocycles. The molecule has 3 aromatic rings. The van der Waals surface area contributed by atoms with Gasteiger partial charge in [-0.25, -0.2) is 9.18 Å². The number of rotatable bonds is 10. The summed E-state index contributed by atoms with van der Waals surface area (Å²) in [5.41, 5.74) is 1.27. The van der Waals surface area contributed by atoms with E-state index in [1.807, 2.05) is 0 Å². The highest BCUT2D eigenvalue weighted by molar-refractivity contribution is 6.30. The van der Waals surface area contributed by atoms with Crippen molar-refractivity contribution in [2.24, 2.45) is 0 Å². The third kappa shape index (κ3) is 7.62. The number of benzene rings is 2. The standard InChI is InChI=1S/C24H25ClFN3O4/c1-32-13-11-28(24(31)27-21-5-2-4-19(25)14-21)17-23(30)29(16-22-6-3-12-33-22)15-18-7-9-20(26)10-8-18/h2-10,12,14H,11,13,15-17H2,1H3,(H,27,31). The van der Waals surface area contributed by atoms with Crippen LogP contribution in [0, 0.1) is 5.82 Å². The van der Waals surface area contributed by atoms with Gasteiger partial charge in [0.1, 0.15) is 18.1 Å². The molecule has 0 saturated carbocycles. The molecule has 33 heavy (non-hydrogen) atoms. The lowest BCUT2D eigenvalue weighted by atomic mass is 10.2. The number of hydrogen-bond donors (Lipinski definition) is 1. The van der Waals surface area contributed by atoms with Crippen molar-refractivity contribution in [2.75, 3.05) is 32.1 Å². The van der Waals surface area contributed by atoms with Crippen LogP contribution in [0.4, 0.5) is 14.9 Å². The molecule has 0 fully saturated rings. The SMILES string of the molecule is COCCN(CC(=O)N(Cc1ccc(F)cc1)Cc1ccco1)C(=O)Nc1cccc(Cl)c1. The molecular weight excluding hydrogens is 449 g/mol. The Morgan fingerprint density at radius 2 is 1.85 bits per heavy atom. The van der Waals surface area contributed by atoms with E-state index in [1.165, 1.54) is 30.4 Å². The smallest absolute Gasteiger partial charge is 0.322 e. The van der Waals surface area contributed by atoms with Crippen molar-refractivity contribution in [3.63, 3.8) is 0 Å². The lowest BCUT2D eigenvalue weighted by molar-refractivity contribution is -0.133. The van der Waals surface area contributed by atoms with Crippen LogP contribution < -0.4 is 5.32 Å². The van der Waals surface area contributed by atoms with Gasteiger partial charge < -0.3 is 24.3 Å². The molecule has 0 aliphatic carbocycles. The van der Waals surface area contributed by atoms with Crippen molar-refractivity contribution in [3.05, 3.63) is 89.1 Å². The Labute approximate surface area is 196 Å². The molecule has 0 bridgehead atoms. The fraction of sp³-hybridized carbons (Fsp3) is 0.250. The molecule has 0 aliphatic rings. The number of urea groups is 1. The third-order valence-corrected chi connectivity index (χ3v) is 5.06. The minimum atomic E-state index is -0.456. The van der Waals surface area contributed by atoms with Crippen molar-refractivity contribution in [2.45, 2.75) is 13.1 Å². The molecule has 174 valence electrons. The molecule has 0 radical (unpaired) electrons. The Kier molecular flexibility index (Phi) is 8.86. The number of methoxy groups -OCH3 is 1. The second kappa shape index (κ2) is 12.0. The molecule has 7 nitrogen and oxygen atoms in total. The van der Waals surface area contributed by atoms with E-state index in [-0.39, 0.29) is 44.5 Å². The first kappa shape index (κ1) is 24.3. The number of amides is 3. The first-order valence-corrected chi connectivity index (χ1v) is 10.7. The maximum Gasteiger partial charge on any atom is 0.322 e. The fourth-order valence-electron chi connectivity index (χ4n) is 3.12. The van der Waals surface area contributed by atoms with E-state index in [2.05, 4.69) is 5.32 Å². The maximum absolute atomic E-state index is 13.3. The summed E-state index contributed by atoms with van der Waals surface area (Å²) in [5.74, 6) is -0.0588. The maximum atomic E-state index is 13.3. The van der Waals surface area contributed by atoms with Gasteiger partial charge in [0.25, 0.3) is 0 Å². The van der Waals surface area contributed by atoms with E-state index in [1.54, 1.807) is 53.4 Å². The third-order valence-electron chi connectivity index (χ3n) is 4.82. The van der Waals surface area contributed by atoms with Crippen LogP contribution in [-0.2, 0) is 22.6 Å². The highest BCUT2D eigenvalue weighted by Gasteiger charge is 2.22. The van der Waals surface area contributed by atoms with Crippen LogP contribution >= 0.6 is 11.6 Å². The second-order valence-electron chi connectivity index (χ2n) is 7.31. The van der Waals surface area contributed by atoms with E-state index < -0.39 is 6.03 Å². The van der Waals surface area contributed by atoms with E-state index in [0.717, 1.165) is 5.56 Å². The first-order valence-electron chi connectivity index (χ1n) is 10.3. The molecule has 0 saturated heterocycles. The zero-order valence-electron chi connectivity index (χ0n) is 18.2. The van der Waals surface area contributed by atoms with Crippen molar-refractivity contribution >= 4 is 29.2 Å². The van der Waals surface area contributed by atoms with Gasteiger partial charge in [-0.05, 0) is 48.0 Å². The number of carbonyl (C=O) groups is 2. The van der Waals surface area contributed by atoms with E-state index >= 15 is 0 Å². The van der Waals surface area contributed by atoms with E-state index in [9.17, 15) is 14.0 Å². The topological polar surface area (TPSA) is 75.0 Å². The lowest BCUT2D eigenvalue weighted by Gasteiger charge is -2.27. The summed E-state index contributed by atoms with van der Waals surface area (Å²) in [5, 5.41) is 3.24. The van der Waals surface area contributed by atoms with Crippen LogP contribution in [-0.4, -0.2) is 48.5 Å². The van der Waals surface area contributed by atoms with Crippen LogP contribution in [0.5, 0.6) is 0 Å². The monoisotopic (exact) mass is 473 g/mol. The normalized spacial score (nSPS) is 10.6. The Bertz CT molecular complexity index is 1040. The zero-order valence-corrected chi connectivity index (χ0v) is 18.9. The Morgan fingerprint density at radius 1 is 1.06 bits per heavy atom. The number of ether oxygens (including phenoxy) is 1. The molecule has 3 amide bonds. The molecular formula is C24H25ClFN3O4. The van der Waals surface area contributed by atoms with Crippen LogP contribution in [0.25, 0.3) is 0 Å². The largest absolute Gasteiger partial charge is 0.467 e. The molecule has 0 aliphatic heterocycles. The van der Waals surface area contributed by atoms with Gasteiger partial charge >= 0.3 is 6.03 Å². The average molecular weight is 474 g/mol. The van der Waals surface area contributed by atoms with Gasteiger partial charge in [0.2, 0.25) is 5.91 Å². The number of furan rings is 1. The van der Waals surface area contributed by atoms with Crippen LogP contribution in [0.15, 0.2) is 71.3 Å². The quantitative estimate of drug-likeness (QED) is 0.459. The predicted octanol–water partition coefficient (Wildman–Crippen LogP) is 4.78. The highest BCUT2D eigenvalue weighted by Crippen LogP contribution is 2.16. The average Bonchev–Trinajstić information content (AvgIpc) is 3.30. The summed E-state index contributed by atoms with van der Waals surface area (Å²) in [6.07, 6.45) is 1.53. The predicted molar refractivity (Wildman–Crippen MR) is 123 cm³/mol. The number of nitrogens with zero attached hydrogens (tertiary/aromatic N) is 2. The van der Waals surface area contributed by atoms with E-state index in [4.69, 9.17) is 20.8 Å².